The predicted octanol–water partition coefficient (Wildman–Crippen LogP) is 5.00. The fraction of sp³-hybridized carbons (Fsp3) is 0.478. The normalized spacial score (nSPS) is 15.1. The number of aromatic amines is 1. The van der Waals surface area contributed by atoms with E-state index in [1.807, 2.05) is 18.2 Å². The Kier molecular flexibility index (Phi) is 6.00. The van der Waals surface area contributed by atoms with Crippen LogP contribution >= 0.6 is 0 Å². The number of rotatable bonds is 7. The van der Waals surface area contributed by atoms with Crippen molar-refractivity contribution >= 4 is 27.8 Å². The number of hydrogen-bond acceptors (Lipinski definition) is 5. The van der Waals surface area contributed by atoms with Crippen molar-refractivity contribution < 1.29 is 19.0 Å². The number of pyridine rings is 1. The lowest BCUT2D eigenvalue weighted by Crippen LogP contribution is -2.15. The van der Waals surface area contributed by atoms with Gasteiger partial charge >= 0.3 is 5.97 Å². The minimum Gasteiger partial charge on any atom is -0.493 e. The first kappa shape index (κ1) is 19.7. The molecule has 0 radical (unpaired) electrons. The SMILES string of the molecule is CCOC(=O)c1ncc2[nH]c3cccc(OCC4CCCCC4)c3c2c1COC. The van der Waals surface area contributed by atoms with Gasteiger partial charge in [0.15, 0.2) is 5.69 Å². The van der Waals surface area contributed by atoms with Crippen molar-refractivity contribution in [2.24, 2.45) is 5.92 Å². The molecule has 0 bridgehead atoms. The van der Waals surface area contributed by atoms with E-state index in [0.717, 1.165) is 39.7 Å². The van der Waals surface area contributed by atoms with Crippen molar-refractivity contribution in [1.29, 1.82) is 0 Å². The topological polar surface area (TPSA) is 73.4 Å². The highest BCUT2D eigenvalue weighted by molar-refractivity contribution is 6.13. The van der Waals surface area contributed by atoms with Gasteiger partial charge in [0.25, 0.3) is 0 Å². The summed E-state index contributed by atoms with van der Waals surface area (Å²) < 4.78 is 16.9. The lowest BCUT2D eigenvalue weighted by Gasteiger charge is -2.22. The molecule has 2 aromatic heterocycles. The number of esters is 1. The molecule has 0 atom stereocenters. The van der Waals surface area contributed by atoms with Gasteiger partial charge in [-0.2, -0.15) is 0 Å². The molecule has 3 aromatic rings. The van der Waals surface area contributed by atoms with Gasteiger partial charge in [0.1, 0.15) is 5.75 Å². The summed E-state index contributed by atoms with van der Waals surface area (Å²) >= 11 is 0. The number of hydrogen-bond donors (Lipinski definition) is 1. The number of benzene rings is 1. The van der Waals surface area contributed by atoms with E-state index in [9.17, 15) is 4.79 Å². The summed E-state index contributed by atoms with van der Waals surface area (Å²) in [6.45, 7) is 3.08. The van der Waals surface area contributed by atoms with Crippen LogP contribution < -0.4 is 4.74 Å². The average molecular weight is 396 g/mol. The van der Waals surface area contributed by atoms with E-state index in [4.69, 9.17) is 14.2 Å². The molecule has 1 saturated carbocycles. The third-order valence-electron chi connectivity index (χ3n) is 5.68. The van der Waals surface area contributed by atoms with Crippen LogP contribution in [0, 0.1) is 5.92 Å². The maximum atomic E-state index is 12.5. The zero-order valence-corrected chi connectivity index (χ0v) is 17.1. The molecule has 154 valence electrons. The first-order chi connectivity index (χ1) is 14.2. The maximum absolute atomic E-state index is 12.5. The second-order valence-corrected chi connectivity index (χ2v) is 7.65. The van der Waals surface area contributed by atoms with Crippen LogP contribution in [0.1, 0.15) is 55.1 Å². The molecule has 0 amide bonds. The molecule has 1 fully saturated rings. The Morgan fingerprint density at radius 2 is 2.00 bits per heavy atom. The number of methoxy groups -OCH3 is 1. The smallest absolute Gasteiger partial charge is 0.357 e. The molecule has 29 heavy (non-hydrogen) atoms. The third-order valence-corrected chi connectivity index (χ3v) is 5.68. The molecular formula is C23H28N2O4. The zero-order chi connectivity index (χ0) is 20.2. The van der Waals surface area contributed by atoms with Gasteiger partial charge in [0.2, 0.25) is 0 Å². The zero-order valence-electron chi connectivity index (χ0n) is 17.1. The van der Waals surface area contributed by atoms with E-state index < -0.39 is 5.97 Å². The summed E-state index contributed by atoms with van der Waals surface area (Å²) in [5, 5.41) is 1.89. The lowest BCUT2D eigenvalue weighted by atomic mass is 9.90. The van der Waals surface area contributed by atoms with Crippen LogP contribution in [-0.2, 0) is 16.1 Å². The summed E-state index contributed by atoms with van der Waals surface area (Å²) in [4.78, 5) is 20.2. The fourth-order valence-corrected chi connectivity index (χ4v) is 4.31. The summed E-state index contributed by atoms with van der Waals surface area (Å²) in [5.41, 5.74) is 2.84. The van der Waals surface area contributed by atoms with Gasteiger partial charge in [0.05, 0.1) is 37.1 Å². The van der Waals surface area contributed by atoms with E-state index in [0.29, 0.717) is 18.2 Å². The number of H-pyrrole nitrogens is 1. The lowest BCUT2D eigenvalue weighted by molar-refractivity contribution is 0.0514. The van der Waals surface area contributed by atoms with Gasteiger partial charge in [-0.3, -0.25) is 0 Å². The van der Waals surface area contributed by atoms with Crippen molar-refractivity contribution in [2.75, 3.05) is 20.3 Å². The van der Waals surface area contributed by atoms with Gasteiger partial charge in [-0.05, 0) is 37.8 Å². The van der Waals surface area contributed by atoms with E-state index in [-0.39, 0.29) is 6.61 Å². The number of carbonyl (C=O) groups excluding carboxylic acids is 1. The number of aromatic nitrogens is 2. The minimum atomic E-state index is -0.434. The second kappa shape index (κ2) is 8.82. The number of nitrogens with zero attached hydrogens (tertiary/aromatic N) is 1. The van der Waals surface area contributed by atoms with Crippen LogP contribution in [0.5, 0.6) is 5.75 Å². The Morgan fingerprint density at radius 1 is 1.17 bits per heavy atom. The Morgan fingerprint density at radius 3 is 2.76 bits per heavy atom. The molecule has 6 heteroatoms. The van der Waals surface area contributed by atoms with Crippen LogP contribution in [0.4, 0.5) is 0 Å². The van der Waals surface area contributed by atoms with Crippen molar-refractivity contribution in [2.45, 2.75) is 45.6 Å². The van der Waals surface area contributed by atoms with E-state index in [1.165, 1.54) is 32.1 Å². The van der Waals surface area contributed by atoms with Crippen molar-refractivity contribution in [3.05, 3.63) is 35.7 Å². The second-order valence-electron chi connectivity index (χ2n) is 7.65. The summed E-state index contributed by atoms with van der Waals surface area (Å²) in [5.74, 6) is 1.01. The first-order valence-corrected chi connectivity index (χ1v) is 10.4. The Balaban J connectivity index is 1.80. The molecule has 0 spiro atoms. The minimum absolute atomic E-state index is 0.266. The summed E-state index contributed by atoms with van der Waals surface area (Å²) in [6.07, 6.45) is 8.06. The van der Waals surface area contributed by atoms with Crippen LogP contribution in [0.2, 0.25) is 0 Å². The Bertz CT molecular complexity index is 1000. The van der Waals surface area contributed by atoms with Crippen molar-refractivity contribution in [1.82, 2.24) is 9.97 Å². The fourth-order valence-electron chi connectivity index (χ4n) is 4.31. The van der Waals surface area contributed by atoms with Crippen LogP contribution in [0.15, 0.2) is 24.4 Å². The van der Waals surface area contributed by atoms with Gasteiger partial charge in [-0.15, -0.1) is 0 Å². The Labute approximate surface area is 170 Å². The van der Waals surface area contributed by atoms with Gasteiger partial charge in [0, 0.05) is 23.4 Å². The summed E-state index contributed by atoms with van der Waals surface area (Å²) in [7, 11) is 1.61. The molecule has 1 aromatic carbocycles. The summed E-state index contributed by atoms with van der Waals surface area (Å²) in [6, 6.07) is 6.01. The predicted molar refractivity (Wildman–Crippen MR) is 112 cm³/mol. The number of nitrogens with one attached hydrogen (secondary N) is 1. The maximum Gasteiger partial charge on any atom is 0.357 e. The number of fused-ring (bicyclic) bond motifs is 3. The standard InChI is InChI=1S/C23H28N2O4/c1-3-28-23(26)22-16(14-27-2)20-18(12-24-22)25-17-10-7-11-19(21(17)20)29-13-15-8-5-4-6-9-15/h7,10-12,15,25H,3-6,8-9,13-14H2,1-2H3. The molecule has 1 aliphatic carbocycles. The average Bonchev–Trinajstić information content (AvgIpc) is 3.13. The van der Waals surface area contributed by atoms with Crippen LogP contribution in [0.25, 0.3) is 21.8 Å². The van der Waals surface area contributed by atoms with E-state index in [1.54, 1.807) is 20.2 Å². The van der Waals surface area contributed by atoms with Gasteiger partial charge in [-0.25, -0.2) is 9.78 Å². The van der Waals surface area contributed by atoms with Crippen LogP contribution in [0.3, 0.4) is 0 Å². The van der Waals surface area contributed by atoms with Crippen molar-refractivity contribution in [3.63, 3.8) is 0 Å². The Hall–Kier alpha value is -2.60. The molecule has 1 N–H and O–H groups in total. The van der Waals surface area contributed by atoms with Gasteiger partial charge < -0.3 is 19.2 Å². The third kappa shape index (κ3) is 3.94. The molecule has 0 aliphatic heterocycles. The van der Waals surface area contributed by atoms with E-state index in [2.05, 4.69) is 9.97 Å². The highest BCUT2D eigenvalue weighted by Gasteiger charge is 2.22. The highest BCUT2D eigenvalue weighted by atomic mass is 16.5. The first-order valence-electron chi connectivity index (χ1n) is 10.4. The molecule has 6 nitrogen and oxygen atoms in total. The largest absolute Gasteiger partial charge is 0.493 e. The molecule has 2 heterocycles. The van der Waals surface area contributed by atoms with Crippen molar-refractivity contribution in [3.8, 4) is 5.75 Å². The molecule has 0 saturated heterocycles. The molecule has 4 rings (SSSR count). The molecule has 1 aliphatic rings. The molecular weight excluding hydrogens is 368 g/mol. The number of carbonyl (C=O) groups is 1. The quantitative estimate of drug-likeness (QED) is 0.569. The van der Waals surface area contributed by atoms with Crippen LogP contribution in [-0.4, -0.2) is 36.3 Å². The van der Waals surface area contributed by atoms with E-state index >= 15 is 0 Å². The number of ether oxygens (including phenoxy) is 3. The monoisotopic (exact) mass is 396 g/mol. The van der Waals surface area contributed by atoms with Gasteiger partial charge in [-0.1, -0.05) is 25.3 Å². The highest BCUT2D eigenvalue weighted by Crippen LogP contribution is 2.37. The molecule has 0 unspecified atom stereocenters.